The van der Waals surface area contributed by atoms with E-state index in [1.54, 1.807) is 0 Å². The van der Waals surface area contributed by atoms with Crippen LogP contribution in [0, 0.1) is 0 Å². The smallest absolute Gasteiger partial charge is 0.135 e. The molecular weight excluding hydrogens is 312 g/mol. The van der Waals surface area contributed by atoms with Crippen molar-refractivity contribution in [1.82, 2.24) is 29.6 Å². The topological polar surface area (TPSA) is 60.6 Å². The molecule has 25 heavy (non-hydrogen) atoms. The molecule has 0 spiro atoms. The molecule has 132 valence electrons. The van der Waals surface area contributed by atoms with Crippen LogP contribution in [0.15, 0.2) is 24.3 Å². The third-order valence-corrected chi connectivity index (χ3v) is 5.09. The lowest BCUT2D eigenvalue weighted by Crippen LogP contribution is -2.38. The number of para-hydroxylation sites is 2. The minimum absolute atomic E-state index is 0.407. The van der Waals surface area contributed by atoms with E-state index in [9.17, 15) is 0 Å². The predicted molar refractivity (Wildman–Crippen MR) is 98.5 cm³/mol. The third kappa shape index (κ3) is 2.95. The number of nitrogens with zero attached hydrogens (tertiary/aromatic N) is 5. The Balaban J connectivity index is 1.50. The Hall–Kier alpha value is -2.21. The van der Waals surface area contributed by atoms with Gasteiger partial charge in [-0.15, -0.1) is 10.2 Å². The van der Waals surface area contributed by atoms with Crippen LogP contribution in [-0.2, 0) is 26.1 Å². The first-order chi connectivity index (χ1) is 12.2. The Bertz CT molecular complexity index is 875. The van der Waals surface area contributed by atoms with Gasteiger partial charge in [0.25, 0.3) is 0 Å². The summed E-state index contributed by atoms with van der Waals surface area (Å²) in [4.78, 5) is 4.82. The number of hydrogen-bond acceptors (Lipinski definition) is 4. The lowest BCUT2D eigenvalue weighted by molar-refractivity contribution is 0.365. The molecule has 0 aliphatic carbocycles. The molecule has 1 aliphatic heterocycles. The molecule has 1 atom stereocenters. The number of hydrogen-bond donors (Lipinski definition) is 1. The van der Waals surface area contributed by atoms with Crippen molar-refractivity contribution in [2.75, 3.05) is 0 Å². The number of nitrogens with one attached hydrogen (secondary N) is 1. The molecule has 0 saturated heterocycles. The summed E-state index contributed by atoms with van der Waals surface area (Å²) < 4.78 is 4.60. The van der Waals surface area contributed by atoms with E-state index >= 15 is 0 Å². The molecule has 0 unspecified atom stereocenters. The quantitative estimate of drug-likeness (QED) is 0.777. The second-order valence-electron chi connectivity index (χ2n) is 7.12. The van der Waals surface area contributed by atoms with E-state index < -0.39 is 0 Å². The molecule has 6 heteroatoms. The molecule has 0 amide bonds. The van der Waals surface area contributed by atoms with E-state index in [4.69, 9.17) is 4.98 Å². The first kappa shape index (κ1) is 16.3. The minimum atomic E-state index is 0.407. The first-order valence-electron chi connectivity index (χ1n) is 9.26. The second kappa shape index (κ2) is 6.59. The Morgan fingerprint density at radius 3 is 2.88 bits per heavy atom. The Labute approximate surface area is 148 Å². The average Bonchev–Trinajstić information content (AvgIpc) is 3.20. The fraction of sp³-hybridized carbons (Fsp3) is 0.526. The third-order valence-electron chi connectivity index (χ3n) is 5.09. The van der Waals surface area contributed by atoms with Crippen molar-refractivity contribution in [1.29, 1.82) is 0 Å². The molecule has 0 radical (unpaired) electrons. The normalized spacial score (nSPS) is 17.4. The van der Waals surface area contributed by atoms with Crippen LogP contribution in [0.5, 0.6) is 0 Å². The van der Waals surface area contributed by atoms with Crippen LogP contribution >= 0.6 is 0 Å². The molecule has 0 fully saturated rings. The maximum Gasteiger partial charge on any atom is 0.135 e. The van der Waals surface area contributed by atoms with Crippen LogP contribution in [0.4, 0.5) is 0 Å². The molecule has 0 saturated carbocycles. The van der Waals surface area contributed by atoms with E-state index in [1.807, 2.05) is 0 Å². The van der Waals surface area contributed by atoms with Gasteiger partial charge < -0.3 is 14.5 Å². The fourth-order valence-electron chi connectivity index (χ4n) is 3.79. The highest BCUT2D eigenvalue weighted by atomic mass is 15.3. The average molecular weight is 338 g/mol. The summed E-state index contributed by atoms with van der Waals surface area (Å²) in [5, 5.41) is 12.4. The van der Waals surface area contributed by atoms with Crippen molar-refractivity contribution in [3.05, 3.63) is 41.7 Å². The SMILES string of the molecule is CCn1c(CN[C@H]2CCc3nnc(C(C)C)n3C2)nc2ccccc21. The van der Waals surface area contributed by atoms with Gasteiger partial charge >= 0.3 is 0 Å². The monoisotopic (exact) mass is 338 g/mol. The van der Waals surface area contributed by atoms with E-state index in [0.29, 0.717) is 12.0 Å². The van der Waals surface area contributed by atoms with Crippen molar-refractivity contribution in [3.63, 3.8) is 0 Å². The highest BCUT2D eigenvalue weighted by Gasteiger charge is 2.24. The van der Waals surface area contributed by atoms with Crippen LogP contribution in [0.2, 0.25) is 0 Å². The van der Waals surface area contributed by atoms with Crippen LogP contribution in [0.3, 0.4) is 0 Å². The summed E-state index contributed by atoms with van der Waals surface area (Å²) in [5.41, 5.74) is 2.29. The van der Waals surface area contributed by atoms with Gasteiger partial charge in [0.2, 0.25) is 0 Å². The van der Waals surface area contributed by atoms with Crippen LogP contribution in [0.1, 0.15) is 50.6 Å². The van der Waals surface area contributed by atoms with Gasteiger partial charge in [-0.3, -0.25) is 0 Å². The first-order valence-corrected chi connectivity index (χ1v) is 9.26. The largest absolute Gasteiger partial charge is 0.327 e. The van der Waals surface area contributed by atoms with E-state index in [1.165, 1.54) is 5.52 Å². The Kier molecular flexibility index (Phi) is 4.29. The zero-order valence-corrected chi connectivity index (χ0v) is 15.2. The zero-order chi connectivity index (χ0) is 17.4. The Morgan fingerprint density at radius 1 is 1.24 bits per heavy atom. The number of rotatable bonds is 5. The van der Waals surface area contributed by atoms with Crippen molar-refractivity contribution in [2.24, 2.45) is 0 Å². The van der Waals surface area contributed by atoms with Gasteiger partial charge in [-0.1, -0.05) is 26.0 Å². The summed E-state index contributed by atoms with van der Waals surface area (Å²) in [5.74, 6) is 3.75. The number of aromatic nitrogens is 5. The molecule has 1 aliphatic rings. The maximum absolute atomic E-state index is 4.82. The molecule has 4 rings (SSSR count). The molecule has 1 aromatic carbocycles. The molecule has 0 bridgehead atoms. The highest BCUT2D eigenvalue weighted by Crippen LogP contribution is 2.21. The van der Waals surface area contributed by atoms with Gasteiger partial charge in [0, 0.05) is 31.5 Å². The van der Waals surface area contributed by atoms with Gasteiger partial charge in [0.15, 0.2) is 0 Å². The summed E-state index contributed by atoms with van der Waals surface area (Å²) in [6, 6.07) is 8.80. The molecule has 6 nitrogen and oxygen atoms in total. The standard InChI is InChI=1S/C19H26N6/c1-4-24-16-8-6-5-7-15(16)21-18(24)11-20-14-9-10-17-22-23-19(13(2)3)25(17)12-14/h5-8,13-14,20H,4,9-12H2,1-3H3/t14-/m0/s1. The fourth-order valence-corrected chi connectivity index (χ4v) is 3.79. The van der Waals surface area contributed by atoms with Crippen LogP contribution in [-0.4, -0.2) is 30.4 Å². The highest BCUT2D eigenvalue weighted by molar-refractivity contribution is 5.75. The van der Waals surface area contributed by atoms with Gasteiger partial charge in [-0.05, 0) is 25.5 Å². The van der Waals surface area contributed by atoms with Gasteiger partial charge in [-0.2, -0.15) is 0 Å². The van der Waals surface area contributed by atoms with Crippen molar-refractivity contribution in [3.8, 4) is 0 Å². The van der Waals surface area contributed by atoms with E-state index in [2.05, 4.69) is 69.7 Å². The zero-order valence-electron chi connectivity index (χ0n) is 15.2. The molecule has 1 N–H and O–H groups in total. The number of aryl methyl sites for hydroxylation is 2. The maximum atomic E-state index is 4.82. The second-order valence-corrected chi connectivity index (χ2v) is 7.12. The number of imidazole rings is 1. The van der Waals surface area contributed by atoms with Gasteiger partial charge in [0.1, 0.15) is 17.5 Å². The van der Waals surface area contributed by atoms with Crippen molar-refractivity contribution >= 4 is 11.0 Å². The van der Waals surface area contributed by atoms with E-state index in [-0.39, 0.29) is 0 Å². The van der Waals surface area contributed by atoms with E-state index in [0.717, 1.165) is 55.5 Å². The van der Waals surface area contributed by atoms with Crippen LogP contribution < -0.4 is 5.32 Å². The van der Waals surface area contributed by atoms with Crippen LogP contribution in [0.25, 0.3) is 11.0 Å². The molecule has 3 heterocycles. The Morgan fingerprint density at radius 2 is 2.08 bits per heavy atom. The summed E-state index contributed by atoms with van der Waals surface area (Å²) >= 11 is 0. The minimum Gasteiger partial charge on any atom is -0.327 e. The van der Waals surface area contributed by atoms with Crippen molar-refractivity contribution in [2.45, 2.75) is 65.2 Å². The van der Waals surface area contributed by atoms with Gasteiger partial charge in [0.05, 0.1) is 17.6 Å². The number of fused-ring (bicyclic) bond motifs is 2. The molecular formula is C19H26N6. The van der Waals surface area contributed by atoms with Gasteiger partial charge in [-0.25, -0.2) is 4.98 Å². The molecule has 3 aromatic rings. The molecule has 2 aromatic heterocycles. The summed E-state index contributed by atoms with van der Waals surface area (Å²) in [6.45, 7) is 9.21. The lowest BCUT2D eigenvalue weighted by Gasteiger charge is -2.26. The predicted octanol–water partition coefficient (Wildman–Crippen LogP) is 2.88. The summed E-state index contributed by atoms with van der Waals surface area (Å²) in [6.07, 6.45) is 2.09. The lowest BCUT2D eigenvalue weighted by atomic mass is 10.1. The summed E-state index contributed by atoms with van der Waals surface area (Å²) in [7, 11) is 0. The number of benzene rings is 1. The van der Waals surface area contributed by atoms with Crippen molar-refractivity contribution < 1.29 is 0 Å².